The predicted octanol–water partition coefficient (Wildman–Crippen LogP) is 12.6. The Morgan fingerprint density at radius 1 is 0.267 bits per heavy atom. The van der Waals surface area contributed by atoms with Gasteiger partial charge in [0, 0.05) is 0 Å². The van der Waals surface area contributed by atoms with Crippen LogP contribution in [-0.4, -0.2) is 0 Å². The van der Waals surface area contributed by atoms with Crippen molar-refractivity contribution in [3.8, 4) is 55.6 Å². The molecule has 0 aliphatic carbocycles. The molecule has 0 saturated carbocycles. The van der Waals surface area contributed by atoms with Crippen molar-refractivity contribution in [2.75, 3.05) is 0 Å². The zero-order chi connectivity index (χ0) is 30.2. The second-order valence-corrected chi connectivity index (χ2v) is 11.8. The maximum Gasteiger partial charge on any atom is -0.00237 e. The molecule has 0 aromatic heterocycles. The van der Waals surface area contributed by atoms with E-state index in [2.05, 4.69) is 183 Å². The standard InChI is InChI=1S/C45H32/c1-31-13-5-6-20-39(31)45-42-23-9-7-21-40(42)44(41-22-8-10-24-43(41)45)38-19-12-18-37(30-38)36-17-11-16-35(29-36)34-27-25-33(26-28-34)32-14-3-2-4-15-32/h2-30H,1H3. The van der Waals surface area contributed by atoms with E-state index in [0.29, 0.717) is 0 Å². The summed E-state index contributed by atoms with van der Waals surface area (Å²) in [6, 6.07) is 63.9. The van der Waals surface area contributed by atoms with Gasteiger partial charge in [-0.05, 0) is 102 Å². The molecule has 0 spiro atoms. The van der Waals surface area contributed by atoms with Crippen LogP contribution in [0.25, 0.3) is 77.2 Å². The van der Waals surface area contributed by atoms with Gasteiger partial charge in [-0.2, -0.15) is 0 Å². The normalized spacial score (nSPS) is 11.2. The maximum absolute atomic E-state index is 2.36. The van der Waals surface area contributed by atoms with Crippen molar-refractivity contribution in [2.45, 2.75) is 6.92 Å². The van der Waals surface area contributed by atoms with Crippen LogP contribution in [0.3, 0.4) is 0 Å². The lowest BCUT2D eigenvalue weighted by molar-refractivity contribution is 1.47. The smallest absolute Gasteiger partial charge is 0.00237 e. The number of fused-ring (bicyclic) bond motifs is 2. The van der Waals surface area contributed by atoms with Gasteiger partial charge in [0.25, 0.3) is 0 Å². The Labute approximate surface area is 264 Å². The fraction of sp³-hybridized carbons (Fsp3) is 0.0222. The SMILES string of the molecule is Cc1ccccc1-c1c2ccccc2c(-c2cccc(-c3cccc(-c4ccc(-c5ccccc5)cc4)c3)c2)c2ccccc12. The Kier molecular flexibility index (Phi) is 6.81. The summed E-state index contributed by atoms with van der Waals surface area (Å²) in [5.41, 5.74) is 13.7. The zero-order valence-electron chi connectivity index (χ0n) is 25.2. The minimum absolute atomic E-state index is 1.21. The van der Waals surface area contributed by atoms with Gasteiger partial charge in [0.2, 0.25) is 0 Å². The molecule has 0 heterocycles. The van der Waals surface area contributed by atoms with Gasteiger partial charge in [0.15, 0.2) is 0 Å². The molecule has 8 aromatic carbocycles. The van der Waals surface area contributed by atoms with Gasteiger partial charge in [-0.15, -0.1) is 0 Å². The molecule has 0 radical (unpaired) electrons. The molecule has 0 nitrogen and oxygen atoms in total. The van der Waals surface area contributed by atoms with Crippen LogP contribution in [0.1, 0.15) is 5.56 Å². The lowest BCUT2D eigenvalue weighted by atomic mass is 9.84. The Hall–Kier alpha value is -5.72. The predicted molar refractivity (Wildman–Crippen MR) is 193 cm³/mol. The highest BCUT2D eigenvalue weighted by molar-refractivity contribution is 6.21. The summed E-state index contributed by atoms with van der Waals surface area (Å²) in [7, 11) is 0. The second-order valence-electron chi connectivity index (χ2n) is 11.8. The van der Waals surface area contributed by atoms with Gasteiger partial charge in [-0.25, -0.2) is 0 Å². The highest BCUT2D eigenvalue weighted by Gasteiger charge is 2.17. The van der Waals surface area contributed by atoms with E-state index in [1.807, 2.05) is 0 Å². The Balaban J connectivity index is 1.25. The number of hydrogen-bond donors (Lipinski definition) is 0. The van der Waals surface area contributed by atoms with E-state index >= 15 is 0 Å². The van der Waals surface area contributed by atoms with Crippen LogP contribution < -0.4 is 0 Å². The molecule has 0 amide bonds. The largest absolute Gasteiger partial charge is 0.0622 e. The average Bonchev–Trinajstić information content (AvgIpc) is 3.11. The molecule has 45 heavy (non-hydrogen) atoms. The first kappa shape index (κ1) is 26.9. The summed E-state index contributed by atoms with van der Waals surface area (Å²) in [6.45, 7) is 2.21. The lowest BCUT2D eigenvalue weighted by Gasteiger charge is -2.19. The van der Waals surface area contributed by atoms with E-state index in [1.54, 1.807) is 0 Å². The second kappa shape index (κ2) is 11.4. The molecule has 0 saturated heterocycles. The van der Waals surface area contributed by atoms with Crippen molar-refractivity contribution in [2.24, 2.45) is 0 Å². The van der Waals surface area contributed by atoms with Gasteiger partial charge in [-0.1, -0.05) is 164 Å². The van der Waals surface area contributed by atoms with Crippen LogP contribution in [-0.2, 0) is 0 Å². The Morgan fingerprint density at radius 3 is 1.22 bits per heavy atom. The van der Waals surface area contributed by atoms with E-state index in [1.165, 1.54) is 82.7 Å². The quantitative estimate of drug-likeness (QED) is 0.180. The molecule has 212 valence electrons. The van der Waals surface area contributed by atoms with Crippen LogP contribution >= 0.6 is 0 Å². The summed E-state index contributed by atoms with van der Waals surface area (Å²) >= 11 is 0. The number of hydrogen-bond acceptors (Lipinski definition) is 0. The van der Waals surface area contributed by atoms with E-state index in [9.17, 15) is 0 Å². The monoisotopic (exact) mass is 572 g/mol. The first-order valence-corrected chi connectivity index (χ1v) is 15.6. The Bertz CT molecular complexity index is 2250. The minimum Gasteiger partial charge on any atom is -0.0622 e. The van der Waals surface area contributed by atoms with Crippen molar-refractivity contribution in [1.82, 2.24) is 0 Å². The third-order valence-electron chi connectivity index (χ3n) is 9.02. The van der Waals surface area contributed by atoms with Gasteiger partial charge in [-0.3, -0.25) is 0 Å². The third-order valence-corrected chi connectivity index (χ3v) is 9.02. The first-order chi connectivity index (χ1) is 22.2. The minimum atomic E-state index is 1.21. The van der Waals surface area contributed by atoms with Crippen molar-refractivity contribution >= 4 is 21.5 Å². The molecule has 8 rings (SSSR count). The van der Waals surface area contributed by atoms with Gasteiger partial charge >= 0.3 is 0 Å². The summed E-state index contributed by atoms with van der Waals surface area (Å²) in [6.07, 6.45) is 0. The van der Waals surface area contributed by atoms with Crippen molar-refractivity contribution in [1.29, 1.82) is 0 Å². The fourth-order valence-electron chi connectivity index (χ4n) is 6.80. The lowest BCUT2D eigenvalue weighted by Crippen LogP contribution is -1.92. The van der Waals surface area contributed by atoms with Crippen LogP contribution in [0.2, 0.25) is 0 Å². The number of rotatable bonds is 5. The molecular formula is C45H32. The number of benzene rings is 8. The number of aryl methyl sites for hydroxylation is 1. The van der Waals surface area contributed by atoms with Gasteiger partial charge in [0.05, 0.1) is 0 Å². The Morgan fingerprint density at radius 2 is 0.644 bits per heavy atom. The summed E-state index contributed by atoms with van der Waals surface area (Å²) in [5, 5.41) is 5.12. The third kappa shape index (κ3) is 4.91. The van der Waals surface area contributed by atoms with Crippen molar-refractivity contribution in [3.63, 3.8) is 0 Å². The highest BCUT2D eigenvalue weighted by atomic mass is 14.2. The molecule has 0 heteroatoms. The molecule has 0 unspecified atom stereocenters. The molecule has 0 atom stereocenters. The first-order valence-electron chi connectivity index (χ1n) is 15.6. The fourth-order valence-corrected chi connectivity index (χ4v) is 6.80. The van der Waals surface area contributed by atoms with Crippen molar-refractivity contribution < 1.29 is 0 Å². The van der Waals surface area contributed by atoms with Crippen LogP contribution in [0.5, 0.6) is 0 Å². The zero-order valence-corrected chi connectivity index (χ0v) is 25.2. The average molecular weight is 573 g/mol. The van der Waals surface area contributed by atoms with E-state index < -0.39 is 0 Å². The van der Waals surface area contributed by atoms with Gasteiger partial charge < -0.3 is 0 Å². The molecule has 0 bridgehead atoms. The van der Waals surface area contributed by atoms with Crippen LogP contribution in [0.4, 0.5) is 0 Å². The molecule has 0 N–H and O–H groups in total. The molecule has 8 aromatic rings. The van der Waals surface area contributed by atoms with E-state index in [-0.39, 0.29) is 0 Å². The summed E-state index contributed by atoms with van der Waals surface area (Å²) < 4.78 is 0. The summed E-state index contributed by atoms with van der Waals surface area (Å²) in [4.78, 5) is 0. The highest BCUT2D eigenvalue weighted by Crippen LogP contribution is 2.44. The topological polar surface area (TPSA) is 0 Å². The molecule has 0 fully saturated rings. The maximum atomic E-state index is 2.36. The van der Waals surface area contributed by atoms with Gasteiger partial charge in [0.1, 0.15) is 0 Å². The molecule has 0 aliphatic heterocycles. The molecule has 0 aliphatic rings. The van der Waals surface area contributed by atoms with E-state index in [4.69, 9.17) is 0 Å². The van der Waals surface area contributed by atoms with Crippen molar-refractivity contribution in [3.05, 3.63) is 181 Å². The van der Waals surface area contributed by atoms with Crippen LogP contribution in [0.15, 0.2) is 176 Å². The summed E-state index contributed by atoms with van der Waals surface area (Å²) in [5.74, 6) is 0. The van der Waals surface area contributed by atoms with E-state index in [0.717, 1.165) is 0 Å². The van der Waals surface area contributed by atoms with Crippen LogP contribution in [0, 0.1) is 6.92 Å². The molecular weight excluding hydrogens is 540 g/mol.